The lowest BCUT2D eigenvalue weighted by Gasteiger charge is -2.07. The maximum atomic E-state index is 5.36. The highest BCUT2D eigenvalue weighted by atomic mass is 79.9. The Hall–Kier alpha value is -1.07. The fourth-order valence-electron chi connectivity index (χ4n) is 1.47. The number of halogens is 1. The molecule has 0 fully saturated rings. The molecule has 0 spiro atoms. The maximum Gasteiger partial charge on any atom is 0.132 e. The number of nitrogens with zero attached hydrogens (tertiary/aromatic N) is 1. The van der Waals surface area contributed by atoms with Crippen LogP contribution in [0.1, 0.15) is 5.69 Å². The largest absolute Gasteiger partial charge is 0.497 e. The molecule has 0 unspecified atom stereocenters. The Bertz CT molecular complexity index is 520. The van der Waals surface area contributed by atoms with Crippen molar-refractivity contribution in [2.24, 2.45) is 0 Å². The van der Waals surface area contributed by atoms with Gasteiger partial charge in [-0.05, 0) is 35.0 Å². The van der Waals surface area contributed by atoms with Crippen LogP contribution >= 0.6 is 27.3 Å². The molecule has 5 heteroatoms. The molecule has 0 bridgehead atoms. The number of methoxy groups -OCH3 is 2. The van der Waals surface area contributed by atoms with E-state index in [1.807, 2.05) is 25.1 Å². The van der Waals surface area contributed by atoms with E-state index in [-0.39, 0.29) is 0 Å². The van der Waals surface area contributed by atoms with Crippen LogP contribution in [-0.4, -0.2) is 19.2 Å². The lowest BCUT2D eigenvalue weighted by Crippen LogP contribution is -1.90. The SMILES string of the molecule is COc1ccc(-c2nc(C)c(Br)s2)c(OC)c1. The second-order valence-electron chi connectivity index (χ2n) is 3.44. The van der Waals surface area contributed by atoms with Gasteiger partial charge < -0.3 is 9.47 Å². The number of aryl methyl sites for hydroxylation is 1. The van der Waals surface area contributed by atoms with E-state index in [4.69, 9.17) is 9.47 Å². The van der Waals surface area contributed by atoms with Crippen LogP contribution in [-0.2, 0) is 0 Å². The molecule has 0 aliphatic carbocycles. The summed E-state index contributed by atoms with van der Waals surface area (Å²) in [5.41, 5.74) is 1.97. The normalized spacial score (nSPS) is 10.4. The van der Waals surface area contributed by atoms with Gasteiger partial charge in [-0.15, -0.1) is 11.3 Å². The molecule has 90 valence electrons. The van der Waals surface area contributed by atoms with Crippen molar-refractivity contribution in [3.8, 4) is 22.1 Å². The minimum Gasteiger partial charge on any atom is -0.497 e. The monoisotopic (exact) mass is 313 g/mol. The number of hydrogen-bond donors (Lipinski definition) is 0. The van der Waals surface area contributed by atoms with Crippen molar-refractivity contribution in [2.75, 3.05) is 14.2 Å². The van der Waals surface area contributed by atoms with E-state index < -0.39 is 0 Å². The molecule has 2 aromatic rings. The van der Waals surface area contributed by atoms with Gasteiger partial charge in [0.15, 0.2) is 0 Å². The highest BCUT2D eigenvalue weighted by Crippen LogP contribution is 2.38. The van der Waals surface area contributed by atoms with Crippen LogP contribution in [0.5, 0.6) is 11.5 Å². The number of benzene rings is 1. The molecule has 0 saturated carbocycles. The lowest BCUT2D eigenvalue weighted by atomic mass is 10.2. The number of thiazole rings is 1. The van der Waals surface area contributed by atoms with E-state index >= 15 is 0 Å². The first-order chi connectivity index (χ1) is 8.15. The molecule has 3 nitrogen and oxygen atoms in total. The molecular formula is C12H12BrNO2S. The van der Waals surface area contributed by atoms with Crippen molar-refractivity contribution in [1.82, 2.24) is 4.98 Å². The van der Waals surface area contributed by atoms with Crippen molar-refractivity contribution < 1.29 is 9.47 Å². The van der Waals surface area contributed by atoms with E-state index in [1.54, 1.807) is 25.6 Å². The highest BCUT2D eigenvalue weighted by molar-refractivity contribution is 9.11. The van der Waals surface area contributed by atoms with Gasteiger partial charge in [-0.3, -0.25) is 0 Å². The summed E-state index contributed by atoms with van der Waals surface area (Å²) in [4.78, 5) is 4.50. The van der Waals surface area contributed by atoms with Gasteiger partial charge in [0.1, 0.15) is 16.5 Å². The minimum atomic E-state index is 0.769. The Morgan fingerprint density at radius 3 is 2.53 bits per heavy atom. The maximum absolute atomic E-state index is 5.36. The van der Waals surface area contributed by atoms with Crippen molar-refractivity contribution in [2.45, 2.75) is 6.92 Å². The van der Waals surface area contributed by atoms with Crippen molar-refractivity contribution in [3.63, 3.8) is 0 Å². The zero-order valence-electron chi connectivity index (χ0n) is 9.78. The highest BCUT2D eigenvalue weighted by Gasteiger charge is 2.12. The number of aromatic nitrogens is 1. The third kappa shape index (κ3) is 2.45. The van der Waals surface area contributed by atoms with Gasteiger partial charge in [0, 0.05) is 6.07 Å². The Balaban J connectivity index is 2.51. The summed E-state index contributed by atoms with van der Waals surface area (Å²) >= 11 is 5.07. The van der Waals surface area contributed by atoms with Crippen LogP contribution in [0.2, 0.25) is 0 Å². The van der Waals surface area contributed by atoms with Gasteiger partial charge in [-0.1, -0.05) is 0 Å². The Labute approximate surface area is 113 Å². The number of ether oxygens (including phenoxy) is 2. The van der Waals surface area contributed by atoms with Gasteiger partial charge in [0.25, 0.3) is 0 Å². The summed E-state index contributed by atoms with van der Waals surface area (Å²) in [6, 6.07) is 5.73. The van der Waals surface area contributed by atoms with Crippen LogP contribution in [0.25, 0.3) is 10.6 Å². The smallest absolute Gasteiger partial charge is 0.132 e. The molecule has 0 aliphatic heterocycles. The van der Waals surface area contributed by atoms with Crippen LogP contribution in [0, 0.1) is 6.92 Å². The first-order valence-electron chi connectivity index (χ1n) is 5.01. The molecule has 2 rings (SSSR count). The summed E-state index contributed by atoms with van der Waals surface area (Å²) in [5, 5.41) is 0.939. The van der Waals surface area contributed by atoms with Crippen LogP contribution in [0.4, 0.5) is 0 Å². The third-order valence-corrected chi connectivity index (χ3v) is 4.42. The molecule has 1 aromatic carbocycles. The summed E-state index contributed by atoms with van der Waals surface area (Å²) < 4.78 is 11.6. The predicted molar refractivity (Wildman–Crippen MR) is 73.1 cm³/mol. The van der Waals surface area contributed by atoms with Gasteiger partial charge in [0.05, 0.1) is 29.3 Å². The van der Waals surface area contributed by atoms with Crippen molar-refractivity contribution >= 4 is 27.3 Å². The minimum absolute atomic E-state index is 0.769. The fraction of sp³-hybridized carbons (Fsp3) is 0.250. The van der Waals surface area contributed by atoms with Crippen LogP contribution < -0.4 is 9.47 Å². The lowest BCUT2D eigenvalue weighted by molar-refractivity contribution is 0.395. The molecular weight excluding hydrogens is 302 g/mol. The van der Waals surface area contributed by atoms with Crippen molar-refractivity contribution in [1.29, 1.82) is 0 Å². The molecule has 1 heterocycles. The molecule has 0 amide bonds. The first-order valence-corrected chi connectivity index (χ1v) is 6.62. The van der Waals surface area contributed by atoms with Crippen LogP contribution in [0.15, 0.2) is 22.0 Å². The van der Waals surface area contributed by atoms with Crippen LogP contribution in [0.3, 0.4) is 0 Å². The predicted octanol–water partition coefficient (Wildman–Crippen LogP) is 3.90. The average Bonchev–Trinajstić information content (AvgIpc) is 2.68. The van der Waals surface area contributed by atoms with E-state index in [1.165, 1.54) is 0 Å². The molecule has 0 aliphatic rings. The standard InChI is InChI=1S/C12H12BrNO2S/c1-7-11(13)17-12(14-7)9-5-4-8(15-2)6-10(9)16-3/h4-6H,1-3H3. The number of rotatable bonds is 3. The molecule has 0 radical (unpaired) electrons. The van der Waals surface area contributed by atoms with E-state index in [0.717, 1.165) is 31.6 Å². The second kappa shape index (κ2) is 5.06. The Kier molecular flexibility index (Phi) is 3.69. The molecule has 0 saturated heterocycles. The van der Waals surface area contributed by atoms with Gasteiger partial charge >= 0.3 is 0 Å². The van der Waals surface area contributed by atoms with Gasteiger partial charge in [-0.2, -0.15) is 0 Å². The summed E-state index contributed by atoms with van der Waals surface area (Å²) in [6.45, 7) is 1.97. The fourth-order valence-corrected chi connectivity index (χ4v) is 2.84. The molecule has 17 heavy (non-hydrogen) atoms. The molecule has 1 aromatic heterocycles. The third-order valence-electron chi connectivity index (χ3n) is 2.38. The van der Waals surface area contributed by atoms with E-state index in [9.17, 15) is 0 Å². The zero-order chi connectivity index (χ0) is 12.4. The summed E-state index contributed by atoms with van der Waals surface area (Å²) in [6.07, 6.45) is 0. The topological polar surface area (TPSA) is 31.4 Å². The second-order valence-corrected chi connectivity index (χ2v) is 5.76. The molecule has 0 atom stereocenters. The quantitative estimate of drug-likeness (QED) is 0.861. The van der Waals surface area contributed by atoms with E-state index in [0.29, 0.717) is 0 Å². The Morgan fingerprint density at radius 2 is 2.00 bits per heavy atom. The average molecular weight is 314 g/mol. The number of hydrogen-bond acceptors (Lipinski definition) is 4. The van der Waals surface area contributed by atoms with Gasteiger partial charge in [-0.25, -0.2) is 4.98 Å². The van der Waals surface area contributed by atoms with Crippen molar-refractivity contribution in [3.05, 3.63) is 27.7 Å². The molecule has 0 N–H and O–H groups in total. The zero-order valence-corrected chi connectivity index (χ0v) is 12.2. The summed E-state index contributed by atoms with van der Waals surface area (Å²) in [7, 11) is 3.28. The van der Waals surface area contributed by atoms with Gasteiger partial charge in [0.2, 0.25) is 0 Å². The Morgan fingerprint density at radius 1 is 1.24 bits per heavy atom. The van der Waals surface area contributed by atoms with E-state index in [2.05, 4.69) is 20.9 Å². The summed E-state index contributed by atoms with van der Waals surface area (Å²) in [5.74, 6) is 1.54. The first kappa shape index (κ1) is 12.4.